The van der Waals surface area contributed by atoms with Gasteiger partial charge in [-0.3, -0.25) is 0 Å². The second-order valence-electron chi connectivity index (χ2n) is 5.18. The monoisotopic (exact) mass is 262 g/mol. The molecule has 0 aromatic rings. The van der Waals surface area contributed by atoms with Crippen LogP contribution in [0.3, 0.4) is 0 Å². The smallest absolute Gasteiger partial charge is 0.120 e. The lowest BCUT2D eigenvalue weighted by Crippen LogP contribution is -2.30. The highest BCUT2D eigenvalue weighted by Gasteiger charge is 2.36. The van der Waals surface area contributed by atoms with E-state index in [0.717, 1.165) is 51.4 Å². The van der Waals surface area contributed by atoms with Gasteiger partial charge < -0.3 is 10.2 Å². The summed E-state index contributed by atoms with van der Waals surface area (Å²) in [5.41, 5.74) is 0. The van der Waals surface area contributed by atoms with Crippen molar-refractivity contribution in [3.63, 3.8) is 0 Å². The van der Waals surface area contributed by atoms with Gasteiger partial charge in [0.05, 0.1) is 0 Å². The summed E-state index contributed by atoms with van der Waals surface area (Å²) in [6.45, 7) is 0. The quantitative estimate of drug-likeness (QED) is 0.601. The molecule has 94 valence electrons. The molecule has 0 radical (unpaired) electrons. The van der Waals surface area contributed by atoms with Gasteiger partial charge in [0.1, 0.15) is 9.87 Å². The van der Waals surface area contributed by atoms with E-state index in [1.54, 1.807) is 0 Å². The van der Waals surface area contributed by atoms with Gasteiger partial charge in [-0.1, -0.05) is 34.4 Å². The minimum absolute atomic E-state index is 0.573. The summed E-state index contributed by atoms with van der Waals surface area (Å²) in [7, 11) is 3.05. The summed E-state index contributed by atoms with van der Waals surface area (Å²) < 4.78 is 0. The van der Waals surface area contributed by atoms with Crippen molar-refractivity contribution in [2.24, 2.45) is 0 Å². The second-order valence-corrected chi connectivity index (χ2v) is 8.03. The summed E-state index contributed by atoms with van der Waals surface area (Å²) in [6, 6.07) is 0. The third kappa shape index (κ3) is 3.56. The number of hydrogen-bond donors (Lipinski definition) is 2. The van der Waals surface area contributed by atoms with Crippen LogP contribution in [0, 0.1) is 0 Å². The Morgan fingerprint density at radius 2 is 0.875 bits per heavy atom. The Morgan fingerprint density at radius 1 is 0.562 bits per heavy atom. The third-order valence-corrected chi connectivity index (χ3v) is 7.25. The fourth-order valence-electron chi connectivity index (χ4n) is 2.53. The molecule has 0 aliphatic heterocycles. The predicted octanol–water partition coefficient (Wildman–Crippen LogP) is 3.67. The maximum atomic E-state index is 10.3. The van der Waals surface area contributed by atoms with E-state index in [9.17, 15) is 10.2 Å². The van der Waals surface area contributed by atoms with Crippen molar-refractivity contribution in [3.05, 3.63) is 0 Å². The van der Waals surface area contributed by atoms with Crippen LogP contribution in [0.2, 0.25) is 0 Å². The fraction of sp³-hybridized carbons (Fsp3) is 1.00. The van der Waals surface area contributed by atoms with Crippen molar-refractivity contribution in [3.8, 4) is 0 Å². The minimum atomic E-state index is -0.573. The lowest BCUT2D eigenvalue weighted by atomic mass is 9.97. The number of hydrogen-bond acceptors (Lipinski definition) is 4. The van der Waals surface area contributed by atoms with E-state index in [2.05, 4.69) is 0 Å². The first-order valence-corrected chi connectivity index (χ1v) is 8.59. The van der Waals surface area contributed by atoms with Crippen LogP contribution in [0.4, 0.5) is 0 Å². The molecule has 0 heterocycles. The Hall–Kier alpha value is 0.620. The maximum Gasteiger partial charge on any atom is 0.120 e. The van der Waals surface area contributed by atoms with Gasteiger partial charge in [-0.25, -0.2) is 0 Å². The molecule has 2 aliphatic rings. The molecular formula is C12H22O2S2. The largest absolute Gasteiger partial charge is 0.379 e. The third-order valence-electron chi connectivity index (χ3n) is 3.62. The highest BCUT2D eigenvalue weighted by atomic mass is 33.1. The molecule has 0 atom stereocenters. The van der Waals surface area contributed by atoms with E-state index in [1.807, 2.05) is 0 Å². The second kappa shape index (κ2) is 5.51. The molecule has 0 aromatic heterocycles. The molecule has 2 N–H and O–H groups in total. The first kappa shape index (κ1) is 13.1. The Bertz CT molecular complexity index is 197. The summed E-state index contributed by atoms with van der Waals surface area (Å²) in [6.07, 6.45) is 10.6. The Balaban J connectivity index is 1.80. The van der Waals surface area contributed by atoms with E-state index >= 15 is 0 Å². The topological polar surface area (TPSA) is 40.5 Å². The first-order valence-electron chi connectivity index (χ1n) is 6.44. The summed E-state index contributed by atoms with van der Waals surface area (Å²) in [4.78, 5) is -1.15. The van der Waals surface area contributed by atoms with Gasteiger partial charge in [0.25, 0.3) is 0 Å². The lowest BCUT2D eigenvalue weighted by molar-refractivity contribution is 0.0912. The molecule has 4 heteroatoms. The Labute approximate surface area is 106 Å². The zero-order valence-electron chi connectivity index (χ0n) is 9.78. The molecule has 2 aliphatic carbocycles. The van der Waals surface area contributed by atoms with Crippen molar-refractivity contribution in [2.45, 2.75) is 74.1 Å². The highest BCUT2D eigenvalue weighted by molar-refractivity contribution is 8.77. The van der Waals surface area contributed by atoms with Crippen LogP contribution in [-0.2, 0) is 0 Å². The van der Waals surface area contributed by atoms with E-state index in [0.29, 0.717) is 0 Å². The maximum absolute atomic E-state index is 10.3. The van der Waals surface area contributed by atoms with Crippen LogP contribution < -0.4 is 0 Å². The Kier molecular flexibility index (Phi) is 4.50. The molecular weight excluding hydrogens is 240 g/mol. The van der Waals surface area contributed by atoms with Crippen molar-refractivity contribution < 1.29 is 10.2 Å². The van der Waals surface area contributed by atoms with Gasteiger partial charge in [0, 0.05) is 0 Å². The van der Waals surface area contributed by atoms with Crippen molar-refractivity contribution in [2.75, 3.05) is 0 Å². The lowest BCUT2D eigenvalue weighted by Gasteiger charge is -2.36. The average molecular weight is 262 g/mol. The van der Waals surface area contributed by atoms with Crippen LogP contribution in [0.5, 0.6) is 0 Å². The molecule has 16 heavy (non-hydrogen) atoms. The van der Waals surface area contributed by atoms with Gasteiger partial charge >= 0.3 is 0 Å². The molecule has 0 unspecified atom stereocenters. The van der Waals surface area contributed by atoms with Crippen molar-refractivity contribution in [1.82, 2.24) is 0 Å². The fourth-order valence-corrected chi connectivity index (χ4v) is 5.68. The predicted molar refractivity (Wildman–Crippen MR) is 71.3 cm³/mol. The van der Waals surface area contributed by atoms with E-state index in [-0.39, 0.29) is 0 Å². The van der Waals surface area contributed by atoms with Crippen LogP contribution in [0.1, 0.15) is 64.2 Å². The van der Waals surface area contributed by atoms with Gasteiger partial charge in [-0.15, -0.1) is 0 Å². The molecule has 2 saturated carbocycles. The first-order chi connectivity index (χ1) is 7.62. The van der Waals surface area contributed by atoms with Crippen LogP contribution >= 0.6 is 21.6 Å². The zero-order chi connectivity index (χ0) is 11.5. The average Bonchev–Trinajstić information content (AvgIpc) is 2.29. The van der Waals surface area contributed by atoms with E-state index in [4.69, 9.17) is 0 Å². The normalized spacial score (nSPS) is 28.9. The van der Waals surface area contributed by atoms with Crippen molar-refractivity contribution in [1.29, 1.82) is 0 Å². The molecule has 0 saturated heterocycles. The summed E-state index contributed by atoms with van der Waals surface area (Å²) >= 11 is 0. The van der Waals surface area contributed by atoms with Crippen molar-refractivity contribution >= 4 is 21.6 Å². The summed E-state index contributed by atoms with van der Waals surface area (Å²) in [5, 5.41) is 20.7. The van der Waals surface area contributed by atoms with Gasteiger partial charge in [-0.2, -0.15) is 0 Å². The summed E-state index contributed by atoms with van der Waals surface area (Å²) in [5.74, 6) is 0. The van der Waals surface area contributed by atoms with Crippen LogP contribution in [0.25, 0.3) is 0 Å². The number of aliphatic hydroxyl groups is 2. The molecule has 0 spiro atoms. The van der Waals surface area contributed by atoms with Gasteiger partial charge in [-0.05, 0) is 51.4 Å². The molecule has 2 fully saturated rings. The SMILES string of the molecule is OC1(SSC2(O)CCCCC2)CCCCC1. The van der Waals surface area contributed by atoms with E-state index in [1.165, 1.54) is 34.4 Å². The molecule has 2 nitrogen and oxygen atoms in total. The van der Waals surface area contributed by atoms with E-state index < -0.39 is 9.87 Å². The number of rotatable bonds is 3. The Morgan fingerprint density at radius 3 is 1.19 bits per heavy atom. The van der Waals surface area contributed by atoms with Crippen LogP contribution in [-0.4, -0.2) is 20.1 Å². The zero-order valence-corrected chi connectivity index (χ0v) is 11.4. The van der Waals surface area contributed by atoms with Gasteiger partial charge in [0.2, 0.25) is 0 Å². The molecule has 2 rings (SSSR count). The molecule has 0 bridgehead atoms. The minimum Gasteiger partial charge on any atom is -0.379 e. The highest BCUT2D eigenvalue weighted by Crippen LogP contribution is 2.51. The van der Waals surface area contributed by atoms with Gasteiger partial charge in [0.15, 0.2) is 0 Å². The molecule has 0 aromatic carbocycles. The van der Waals surface area contributed by atoms with Crippen LogP contribution in [0.15, 0.2) is 0 Å². The standard InChI is InChI=1S/C12H22O2S2/c13-11(7-3-1-4-8-11)15-16-12(14)9-5-2-6-10-12/h13-14H,1-10H2. The molecule has 0 amide bonds.